The number of carbonyl (C=O) groups excluding carboxylic acids is 1. The molecule has 6 rings (SSSR count). The Morgan fingerprint density at radius 2 is 1.77 bits per heavy atom. The summed E-state index contributed by atoms with van der Waals surface area (Å²) in [5.41, 5.74) is 0.638. The van der Waals surface area contributed by atoms with E-state index < -0.39 is 17.7 Å². The van der Waals surface area contributed by atoms with Crippen molar-refractivity contribution in [2.45, 2.75) is 68.9 Å². The lowest BCUT2D eigenvalue weighted by Gasteiger charge is -2.45. The third kappa shape index (κ3) is 4.77. The molecule has 4 saturated heterocycles. The van der Waals surface area contributed by atoms with Crippen LogP contribution in [0.4, 0.5) is 23.7 Å². The fourth-order valence-electron chi connectivity index (χ4n) is 6.95. The zero-order chi connectivity index (χ0) is 27.4. The van der Waals surface area contributed by atoms with Gasteiger partial charge in [0.2, 0.25) is 0 Å². The Kier molecular flexibility index (Phi) is 6.57. The van der Waals surface area contributed by atoms with E-state index in [2.05, 4.69) is 14.9 Å². The second kappa shape index (κ2) is 9.81. The highest BCUT2D eigenvalue weighted by Crippen LogP contribution is 2.43. The zero-order valence-corrected chi connectivity index (χ0v) is 21.6. The Bertz CT molecular complexity index is 1240. The molecule has 9 nitrogen and oxygen atoms in total. The Hall–Kier alpha value is -3.12. The van der Waals surface area contributed by atoms with Crippen molar-refractivity contribution in [3.05, 3.63) is 47.3 Å². The van der Waals surface area contributed by atoms with Gasteiger partial charge in [0.05, 0.1) is 30.9 Å². The molecule has 0 radical (unpaired) electrons. The molecule has 210 valence electrons. The van der Waals surface area contributed by atoms with Crippen LogP contribution in [0.1, 0.15) is 60.1 Å². The van der Waals surface area contributed by atoms with E-state index in [0.717, 1.165) is 55.3 Å². The number of carboxylic acid groups (broad SMARTS) is 1. The highest BCUT2D eigenvalue weighted by Gasteiger charge is 2.45. The first kappa shape index (κ1) is 26.1. The van der Waals surface area contributed by atoms with Gasteiger partial charge in [-0.25, -0.2) is 9.59 Å². The average Bonchev–Trinajstić information content (AvgIpc) is 3.61. The first-order chi connectivity index (χ1) is 18.6. The summed E-state index contributed by atoms with van der Waals surface area (Å²) in [5, 5.41) is 13.0. The number of alkyl halides is 3. The molecule has 1 N–H and O–H groups in total. The first-order valence-electron chi connectivity index (χ1n) is 13.5. The fourth-order valence-corrected chi connectivity index (χ4v) is 6.95. The molecule has 4 aliphatic heterocycles. The molecule has 1 aromatic heterocycles. The van der Waals surface area contributed by atoms with Gasteiger partial charge >= 0.3 is 18.2 Å². The lowest BCUT2D eigenvalue weighted by molar-refractivity contribution is -0.137. The number of carboxylic acids is 1. The molecule has 2 bridgehead atoms. The number of morpholine rings is 1. The molecule has 2 unspecified atom stereocenters. The van der Waals surface area contributed by atoms with Crippen molar-refractivity contribution < 1.29 is 32.6 Å². The summed E-state index contributed by atoms with van der Waals surface area (Å²) >= 11 is 0. The summed E-state index contributed by atoms with van der Waals surface area (Å²) in [6, 6.07) is 5.30. The van der Waals surface area contributed by atoms with Crippen LogP contribution >= 0.6 is 0 Å². The second-order valence-corrected chi connectivity index (χ2v) is 11.1. The summed E-state index contributed by atoms with van der Waals surface area (Å²) in [5.74, 6) is -1.19. The molecule has 0 saturated carbocycles. The van der Waals surface area contributed by atoms with Crippen molar-refractivity contribution in [1.29, 1.82) is 0 Å². The van der Waals surface area contributed by atoms with Crippen molar-refractivity contribution in [1.82, 2.24) is 19.6 Å². The molecular formula is C27H32F3N5O4. The van der Waals surface area contributed by atoms with Crippen LogP contribution in [0.5, 0.6) is 0 Å². The van der Waals surface area contributed by atoms with Gasteiger partial charge in [0, 0.05) is 37.1 Å². The number of amides is 1. The van der Waals surface area contributed by atoms with Gasteiger partial charge in [-0.15, -0.1) is 0 Å². The van der Waals surface area contributed by atoms with Crippen molar-refractivity contribution in [2.24, 2.45) is 0 Å². The van der Waals surface area contributed by atoms with E-state index >= 15 is 0 Å². The van der Waals surface area contributed by atoms with Crippen molar-refractivity contribution in [3.63, 3.8) is 0 Å². The zero-order valence-electron chi connectivity index (χ0n) is 21.6. The van der Waals surface area contributed by atoms with Crippen LogP contribution in [0.25, 0.3) is 0 Å². The van der Waals surface area contributed by atoms with Crippen LogP contribution in [-0.2, 0) is 17.5 Å². The number of fused-ring (bicyclic) bond motifs is 2. The first-order valence-corrected chi connectivity index (χ1v) is 13.5. The minimum Gasteiger partial charge on any atom is -0.476 e. The fraction of sp³-hybridized carbons (Fsp3) is 0.593. The Labute approximate surface area is 224 Å². The standard InChI is InChI=1S/C27H32F3N5O4/c28-27(29,30)19-3-2-18(23(14-19)35-20-4-5-21(35)17-39-16-20)15-33-10-1-7-26(33)8-12-32(13-9-26)25(38)34-11-6-22(31-34)24(36)37/h2-3,6,11,14,20-21H,1,4-5,7-10,12-13,15-17H2,(H,36,37). The van der Waals surface area contributed by atoms with Crippen LogP contribution in [0.15, 0.2) is 30.5 Å². The molecule has 12 heteroatoms. The highest BCUT2D eigenvalue weighted by molar-refractivity contribution is 5.86. The molecule has 39 heavy (non-hydrogen) atoms. The van der Waals surface area contributed by atoms with E-state index in [0.29, 0.717) is 38.5 Å². The van der Waals surface area contributed by atoms with Crippen LogP contribution in [0.2, 0.25) is 0 Å². The highest BCUT2D eigenvalue weighted by atomic mass is 19.4. The largest absolute Gasteiger partial charge is 0.476 e. The van der Waals surface area contributed by atoms with Gasteiger partial charge in [-0.1, -0.05) is 6.07 Å². The van der Waals surface area contributed by atoms with Gasteiger partial charge < -0.3 is 19.6 Å². The van der Waals surface area contributed by atoms with E-state index in [9.17, 15) is 22.8 Å². The Balaban J connectivity index is 1.21. The minimum absolute atomic E-state index is 0.0942. The molecular weight excluding hydrogens is 515 g/mol. The Morgan fingerprint density at radius 3 is 2.41 bits per heavy atom. The van der Waals surface area contributed by atoms with Crippen molar-refractivity contribution in [3.8, 4) is 0 Å². The smallest absolute Gasteiger partial charge is 0.416 e. The number of aromatic nitrogens is 2. The van der Waals surface area contributed by atoms with E-state index in [1.807, 2.05) is 0 Å². The lowest BCUT2D eigenvalue weighted by atomic mass is 9.84. The normalized spacial score (nSPS) is 25.0. The summed E-state index contributed by atoms with van der Waals surface area (Å²) in [4.78, 5) is 30.3. The number of aromatic carboxylic acids is 1. The molecule has 2 aromatic rings. The van der Waals surface area contributed by atoms with Gasteiger partial charge in [0.15, 0.2) is 5.69 Å². The van der Waals surface area contributed by atoms with E-state index in [1.165, 1.54) is 24.4 Å². The summed E-state index contributed by atoms with van der Waals surface area (Å²) in [7, 11) is 0. The maximum absolute atomic E-state index is 13.7. The number of hydrogen-bond donors (Lipinski definition) is 1. The lowest BCUT2D eigenvalue weighted by Crippen LogP contribution is -2.53. The van der Waals surface area contributed by atoms with Crippen LogP contribution < -0.4 is 4.90 Å². The molecule has 1 spiro atoms. The molecule has 4 fully saturated rings. The topological polar surface area (TPSA) is 91.1 Å². The minimum atomic E-state index is -4.41. The summed E-state index contributed by atoms with van der Waals surface area (Å²) in [6.45, 7) is 3.49. The van der Waals surface area contributed by atoms with Gasteiger partial charge in [-0.3, -0.25) is 4.90 Å². The van der Waals surface area contributed by atoms with Gasteiger partial charge in [0.1, 0.15) is 0 Å². The number of anilines is 1. The van der Waals surface area contributed by atoms with E-state index in [4.69, 9.17) is 9.84 Å². The van der Waals surface area contributed by atoms with E-state index in [1.54, 1.807) is 11.0 Å². The number of piperidine rings is 1. The predicted octanol–water partition coefficient (Wildman–Crippen LogP) is 4.07. The summed E-state index contributed by atoms with van der Waals surface area (Å²) < 4.78 is 47.9. The molecule has 4 aliphatic rings. The Morgan fingerprint density at radius 1 is 1.05 bits per heavy atom. The van der Waals surface area contributed by atoms with Crippen LogP contribution in [-0.4, -0.2) is 87.2 Å². The van der Waals surface area contributed by atoms with Crippen LogP contribution in [0.3, 0.4) is 0 Å². The predicted molar refractivity (Wildman–Crippen MR) is 135 cm³/mol. The van der Waals surface area contributed by atoms with Gasteiger partial charge in [0.25, 0.3) is 0 Å². The number of hydrogen-bond acceptors (Lipinski definition) is 6. The average molecular weight is 548 g/mol. The SMILES string of the molecule is O=C(O)c1ccn(C(=O)N2CCC3(CCCN3Cc3ccc(C(F)(F)F)cc3N3C4CCC3COC4)CC2)n1. The number of carbonyl (C=O) groups is 2. The number of likely N-dealkylation sites (tertiary alicyclic amines) is 2. The molecule has 1 amide bonds. The molecule has 5 heterocycles. The maximum atomic E-state index is 13.7. The number of ether oxygens (including phenoxy) is 1. The summed E-state index contributed by atoms with van der Waals surface area (Å²) in [6.07, 6.45) is 2.24. The third-order valence-corrected chi connectivity index (χ3v) is 9.00. The number of rotatable bonds is 4. The molecule has 2 atom stereocenters. The molecule has 0 aliphatic carbocycles. The second-order valence-electron chi connectivity index (χ2n) is 11.1. The van der Waals surface area contributed by atoms with Gasteiger partial charge in [-0.2, -0.15) is 23.0 Å². The quantitative estimate of drug-likeness (QED) is 0.617. The number of nitrogens with zero attached hydrogens (tertiary/aromatic N) is 5. The van der Waals surface area contributed by atoms with Gasteiger partial charge in [-0.05, 0) is 68.8 Å². The monoisotopic (exact) mass is 547 g/mol. The van der Waals surface area contributed by atoms with Crippen molar-refractivity contribution >= 4 is 17.7 Å². The third-order valence-electron chi connectivity index (χ3n) is 9.00. The van der Waals surface area contributed by atoms with Crippen LogP contribution in [0, 0.1) is 0 Å². The maximum Gasteiger partial charge on any atom is 0.416 e. The van der Waals surface area contributed by atoms with E-state index in [-0.39, 0.29) is 29.3 Å². The number of halogens is 3. The van der Waals surface area contributed by atoms with Crippen molar-refractivity contribution in [2.75, 3.05) is 37.7 Å². The molecule has 1 aromatic carbocycles. The number of benzene rings is 1.